The number of carbonyl (C=O) groups excluding carboxylic acids is 1. The molecular weight excluding hydrogens is 154 g/mol. The van der Waals surface area contributed by atoms with Crippen molar-refractivity contribution in [2.45, 2.75) is 6.92 Å². The van der Waals surface area contributed by atoms with Gasteiger partial charge in [-0.3, -0.25) is 4.79 Å². The molecule has 0 amide bonds. The van der Waals surface area contributed by atoms with Gasteiger partial charge in [0.2, 0.25) is 0 Å². The molecule has 1 aromatic carbocycles. The van der Waals surface area contributed by atoms with Crippen LogP contribution in [0.2, 0.25) is 0 Å². The van der Waals surface area contributed by atoms with Crippen LogP contribution in [0.4, 0.5) is 0 Å². The third-order valence-corrected chi connectivity index (χ3v) is 1.33. The van der Waals surface area contributed by atoms with Crippen molar-refractivity contribution in [3.8, 4) is 5.75 Å². The van der Waals surface area contributed by atoms with Gasteiger partial charge in [0.05, 0.1) is 0 Å². The van der Waals surface area contributed by atoms with E-state index in [4.69, 9.17) is 10.1 Å². The molecule has 0 aliphatic heterocycles. The molecule has 1 N–H and O–H groups in total. The highest BCUT2D eigenvalue weighted by Gasteiger charge is 2.01. The fourth-order valence-corrected chi connectivity index (χ4v) is 0.848. The summed E-state index contributed by atoms with van der Waals surface area (Å²) in [5.41, 5.74) is 0.604. The Labute approximate surface area is 70.5 Å². The first-order valence-electron chi connectivity index (χ1n) is 3.52. The molecule has 1 rings (SSSR count). The van der Waals surface area contributed by atoms with Crippen LogP contribution in [0.5, 0.6) is 5.75 Å². The van der Waals surface area contributed by atoms with E-state index < -0.39 is 0 Å². The van der Waals surface area contributed by atoms with E-state index in [1.165, 1.54) is 6.92 Å². The number of hydrogen-bond acceptors (Lipinski definition) is 3. The van der Waals surface area contributed by atoms with Gasteiger partial charge in [0.15, 0.2) is 0 Å². The maximum absolute atomic E-state index is 10.6. The second-order valence-electron chi connectivity index (χ2n) is 2.28. The molecule has 62 valence electrons. The van der Waals surface area contributed by atoms with Crippen LogP contribution < -0.4 is 4.74 Å². The van der Waals surface area contributed by atoms with Gasteiger partial charge >= 0.3 is 5.97 Å². The predicted octanol–water partition coefficient (Wildman–Crippen LogP) is 1.61. The minimum absolute atomic E-state index is 0.371. The van der Waals surface area contributed by atoms with Gasteiger partial charge in [-0.05, 0) is 12.1 Å². The van der Waals surface area contributed by atoms with E-state index in [9.17, 15) is 4.79 Å². The maximum atomic E-state index is 10.6. The van der Waals surface area contributed by atoms with Crippen LogP contribution in [-0.2, 0) is 4.79 Å². The molecule has 12 heavy (non-hydrogen) atoms. The third-order valence-electron chi connectivity index (χ3n) is 1.33. The van der Waals surface area contributed by atoms with Crippen LogP contribution in [0.15, 0.2) is 24.3 Å². The van der Waals surface area contributed by atoms with Crippen molar-refractivity contribution < 1.29 is 9.53 Å². The first-order valence-corrected chi connectivity index (χ1v) is 3.52. The summed E-state index contributed by atoms with van der Waals surface area (Å²) >= 11 is 0. The number of esters is 1. The van der Waals surface area contributed by atoms with Crippen molar-refractivity contribution in [3.63, 3.8) is 0 Å². The van der Waals surface area contributed by atoms with Crippen molar-refractivity contribution in [1.82, 2.24) is 0 Å². The van der Waals surface area contributed by atoms with Gasteiger partial charge in [-0.15, -0.1) is 0 Å². The quantitative estimate of drug-likeness (QED) is 0.409. The second kappa shape index (κ2) is 3.67. The summed E-state index contributed by atoms with van der Waals surface area (Å²) in [5.74, 6) is 0.0595. The minimum Gasteiger partial charge on any atom is -0.426 e. The summed E-state index contributed by atoms with van der Waals surface area (Å²) < 4.78 is 4.85. The Hall–Kier alpha value is -1.64. The number of nitrogens with one attached hydrogen (secondary N) is 1. The van der Waals surface area contributed by atoms with E-state index in [0.29, 0.717) is 11.3 Å². The lowest BCUT2D eigenvalue weighted by Crippen LogP contribution is -2.03. The molecule has 0 spiro atoms. The Morgan fingerprint density at radius 2 is 2.17 bits per heavy atom. The van der Waals surface area contributed by atoms with Crippen LogP contribution in [0.25, 0.3) is 0 Å². The van der Waals surface area contributed by atoms with Gasteiger partial charge < -0.3 is 10.1 Å². The largest absolute Gasteiger partial charge is 0.426 e. The molecule has 0 heterocycles. The summed E-state index contributed by atoms with van der Waals surface area (Å²) in [6.45, 7) is 1.33. The summed E-state index contributed by atoms with van der Waals surface area (Å²) in [6, 6.07) is 6.91. The molecule has 0 radical (unpaired) electrons. The fraction of sp³-hybridized carbons (Fsp3) is 0.111. The average Bonchev–Trinajstić information content (AvgIpc) is 2.04. The lowest BCUT2D eigenvalue weighted by atomic mass is 10.2. The first-order chi connectivity index (χ1) is 5.74. The van der Waals surface area contributed by atoms with Gasteiger partial charge in [-0.25, -0.2) is 0 Å². The second-order valence-corrected chi connectivity index (χ2v) is 2.28. The number of hydrogen-bond donors (Lipinski definition) is 1. The molecule has 3 nitrogen and oxygen atoms in total. The first kappa shape index (κ1) is 8.46. The van der Waals surface area contributed by atoms with E-state index in [0.717, 1.165) is 6.21 Å². The Kier molecular flexibility index (Phi) is 2.58. The molecule has 0 aliphatic carbocycles. The van der Waals surface area contributed by atoms with Crippen LogP contribution in [-0.4, -0.2) is 12.2 Å². The molecule has 3 heteroatoms. The Morgan fingerprint density at radius 1 is 1.50 bits per heavy atom. The van der Waals surface area contributed by atoms with Crippen molar-refractivity contribution >= 4 is 12.2 Å². The van der Waals surface area contributed by atoms with Crippen LogP contribution in [0.3, 0.4) is 0 Å². The smallest absolute Gasteiger partial charge is 0.308 e. The summed E-state index contributed by atoms with van der Waals surface area (Å²) in [4.78, 5) is 10.6. The van der Waals surface area contributed by atoms with Crippen LogP contribution in [0.1, 0.15) is 12.5 Å². The molecule has 0 saturated carbocycles. The molecule has 0 bridgehead atoms. The maximum Gasteiger partial charge on any atom is 0.308 e. The Balaban J connectivity index is 2.96. The number of para-hydroxylation sites is 1. The van der Waals surface area contributed by atoms with Gasteiger partial charge in [0.25, 0.3) is 0 Å². The highest BCUT2D eigenvalue weighted by Crippen LogP contribution is 2.15. The van der Waals surface area contributed by atoms with E-state index in [2.05, 4.69) is 0 Å². The van der Waals surface area contributed by atoms with E-state index in [-0.39, 0.29) is 5.97 Å². The molecule has 0 saturated heterocycles. The Morgan fingerprint density at radius 3 is 2.75 bits per heavy atom. The van der Waals surface area contributed by atoms with Crippen molar-refractivity contribution in [2.75, 3.05) is 0 Å². The fourth-order valence-electron chi connectivity index (χ4n) is 0.848. The number of rotatable bonds is 2. The summed E-state index contributed by atoms with van der Waals surface area (Å²) in [5, 5.41) is 7.01. The number of benzene rings is 1. The number of ether oxygens (including phenoxy) is 1. The number of carbonyl (C=O) groups is 1. The van der Waals surface area contributed by atoms with Crippen molar-refractivity contribution in [3.05, 3.63) is 29.8 Å². The van der Waals surface area contributed by atoms with Gasteiger partial charge in [0, 0.05) is 18.7 Å². The zero-order valence-corrected chi connectivity index (χ0v) is 6.70. The zero-order chi connectivity index (χ0) is 8.97. The molecule has 0 aromatic heterocycles. The monoisotopic (exact) mass is 163 g/mol. The van der Waals surface area contributed by atoms with Crippen LogP contribution in [0, 0.1) is 5.41 Å². The normalized spacial score (nSPS) is 9.08. The third kappa shape index (κ3) is 1.92. The molecule has 0 fully saturated rings. The van der Waals surface area contributed by atoms with Gasteiger partial charge in [-0.2, -0.15) is 0 Å². The molecule has 1 aromatic rings. The summed E-state index contributed by atoms with van der Waals surface area (Å²) in [7, 11) is 0. The van der Waals surface area contributed by atoms with Gasteiger partial charge in [0.1, 0.15) is 5.75 Å². The van der Waals surface area contributed by atoms with E-state index >= 15 is 0 Å². The van der Waals surface area contributed by atoms with E-state index in [1.54, 1.807) is 24.3 Å². The van der Waals surface area contributed by atoms with Crippen molar-refractivity contribution in [2.24, 2.45) is 0 Å². The highest BCUT2D eigenvalue weighted by atomic mass is 16.5. The predicted molar refractivity (Wildman–Crippen MR) is 45.6 cm³/mol. The minimum atomic E-state index is -0.371. The molecular formula is C9H9NO2. The SMILES string of the molecule is CC(=O)Oc1ccccc1C=N. The zero-order valence-electron chi connectivity index (χ0n) is 6.70. The summed E-state index contributed by atoms with van der Waals surface area (Å²) in [6.07, 6.45) is 1.15. The molecule has 0 unspecified atom stereocenters. The van der Waals surface area contributed by atoms with Gasteiger partial charge in [-0.1, -0.05) is 12.1 Å². The topological polar surface area (TPSA) is 50.2 Å². The van der Waals surface area contributed by atoms with E-state index in [1.807, 2.05) is 0 Å². The van der Waals surface area contributed by atoms with Crippen LogP contribution >= 0.6 is 0 Å². The standard InChI is InChI=1S/C9H9NO2/c1-7(11)12-9-5-3-2-4-8(9)6-10/h2-6,10H,1H3. The average molecular weight is 163 g/mol. The molecule has 0 aliphatic rings. The highest BCUT2D eigenvalue weighted by molar-refractivity contribution is 5.83. The Bertz CT molecular complexity index is 307. The van der Waals surface area contributed by atoms with Crippen molar-refractivity contribution in [1.29, 1.82) is 5.41 Å². The lowest BCUT2D eigenvalue weighted by Gasteiger charge is -2.02. The molecule has 0 atom stereocenters. The lowest BCUT2D eigenvalue weighted by molar-refractivity contribution is -0.131.